The first kappa shape index (κ1) is 23.6. The summed E-state index contributed by atoms with van der Waals surface area (Å²) in [5.41, 5.74) is 1.90. The predicted octanol–water partition coefficient (Wildman–Crippen LogP) is 5.31. The SMILES string of the molecule is COc1cc2c(cc1OC)[C@@H](c1ccccc1)N(CC(=O)Nc1ccccc1C(F)(F)F)CC2. The van der Waals surface area contributed by atoms with E-state index in [9.17, 15) is 18.0 Å². The third-order valence-corrected chi connectivity index (χ3v) is 5.94. The standard InChI is InChI=1S/C26H25F3N2O3/c1-33-22-14-18-12-13-31(16-24(32)30-21-11-7-6-10-20(21)26(27,28)29)25(17-8-4-3-5-9-17)19(18)15-23(22)34-2/h3-11,14-15,25H,12-13,16H2,1-2H3,(H,30,32)/t25-/m1/s1. The number of fused-ring (bicyclic) bond motifs is 1. The molecule has 34 heavy (non-hydrogen) atoms. The second-order valence-corrected chi connectivity index (χ2v) is 8.03. The van der Waals surface area contributed by atoms with E-state index in [4.69, 9.17) is 9.47 Å². The van der Waals surface area contributed by atoms with Crippen molar-refractivity contribution in [3.05, 3.63) is 89.0 Å². The van der Waals surface area contributed by atoms with Crippen LogP contribution in [0.3, 0.4) is 0 Å². The third-order valence-electron chi connectivity index (χ3n) is 5.94. The van der Waals surface area contributed by atoms with E-state index in [2.05, 4.69) is 5.32 Å². The van der Waals surface area contributed by atoms with Crippen LogP contribution < -0.4 is 14.8 Å². The van der Waals surface area contributed by atoms with Crippen molar-refractivity contribution in [2.24, 2.45) is 0 Å². The number of anilines is 1. The summed E-state index contributed by atoms with van der Waals surface area (Å²) in [7, 11) is 3.14. The molecule has 1 amide bonds. The Morgan fingerprint density at radius 2 is 1.65 bits per heavy atom. The lowest BCUT2D eigenvalue weighted by Crippen LogP contribution is -2.41. The summed E-state index contributed by atoms with van der Waals surface area (Å²) in [6.07, 6.45) is -3.90. The van der Waals surface area contributed by atoms with E-state index in [0.29, 0.717) is 24.5 Å². The number of halogens is 3. The van der Waals surface area contributed by atoms with Crippen molar-refractivity contribution in [1.82, 2.24) is 4.90 Å². The van der Waals surface area contributed by atoms with Crippen LogP contribution in [0.25, 0.3) is 0 Å². The molecule has 1 atom stereocenters. The number of carbonyl (C=O) groups excluding carboxylic acids is 1. The maximum atomic E-state index is 13.4. The zero-order chi connectivity index (χ0) is 24.3. The second kappa shape index (κ2) is 9.77. The molecule has 0 saturated carbocycles. The van der Waals surface area contributed by atoms with Crippen LogP contribution in [0.2, 0.25) is 0 Å². The van der Waals surface area contributed by atoms with Crippen LogP contribution in [-0.2, 0) is 17.4 Å². The molecule has 1 aliphatic heterocycles. The highest BCUT2D eigenvalue weighted by molar-refractivity contribution is 5.93. The first-order valence-electron chi connectivity index (χ1n) is 10.8. The second-order valence-electron chi connectivity index (χ2n) is 8.03. The number of para-hydroxylation sites is 1. The molecule has 4 rings (SSSR count). The van der Waals surface area contributed by atoms with E-state index in [1.807, 2.05) is 47.4 Å². The van der Waals surface area contributed by atoms with E-state index < -0.39 is 17.6 Å². The van der Waals surface area contributed by atoms with Crippen molar-refractivity contribution in [3.63, 3.8) is 0 Å². The van der Waals surface area contributed by atoms with Crippen LogP contribution in [0.1, 0.15) is 28.3 Å². The lowest BCUT2D eigenvalue weighted by molar-refractivity contribution is -0.137. The number of carbonyl (C=O) groups is 1. The number of amides is 1. The van der Waals surface area contributed by atoms with Crippen LogP contribution >= 0.6 is 0 Å². The Morgan fingerprint density at radius 1 is 1.00 bits per heavy atom. The smallest absolute Gasteiger partial charge is 0.418 e. The summed E-state index contributed by atoms with van der Waals surface area (Å²) in [6, 6.07) is 18.3. The van der Waals surface area contributed by atoms with Gasteiger partial charge < -0.3 is 14.8 Å². The van der Waals surface area contributed by atoms with Gasteiger partial charge in [0, 0.05) is 6.54 Å². The van der Waals surface area contributed by atoms with Gasteiger partial charge in [0.1, 0.15) is 0 Å². The fourth-order valence-electron chi connectivity index (χ4n) is 4.41. The van der Waals surface area contributed by atoms with Crippen molar-refractivity contribution in [3.8, 4) is 11.5 Å². The molecule has 5 nitrogen and oxygen atoms in total. The van der Waals surface area contributed by atoms with Gasteiger partial charge in [-0.15, -0.1) is 0 Å². The highest BCUT2D eigenvalue weighted by Crippen LogP contribution is 2.41. The normalized spacial score (nSPS) is 16.0. The molecule has 1 N–H and O–H groups in total. The molecule has 3 aromatic rings. The van der Waals surface area contributed by atoms with Gasteiger partial charge in [-0.1, -0.05) is 42.5 Å². The van der Waals surface area contributed by atoms with Gasteiger partial charge in [0.2, 0.25) is 5.91 Å². The summed E-state index contributed by atoms with van der Waals surface area (Å²) in [5.74, 6) is 0.692. The molecule has 0 aromatic heterocycles. The van der Waals surface area contributed by atoms with Crippen LogP contribution in [0, 0.1) is 0 Å². The van der Waals surface area contributed by atoms with Crippen molar-refractivity contribution >= 4 is 11.6 Å². The predicted molar refractivity (Wildman–Crippen MR) is 123 cm³/mol. The molecule has 0 unspecified atom stereocenters. The van der Waals surface area contributed by atoms with Crippen LogP contribution in [-0.4, -0.2) is 38.1 Å². The minimum absolute atomic E-state index is 0.0699. The first-order valence-corrected chi connectivity index (χ1v) is 10.8. The molecule has 1 heterocycles. The van der Waals surface area contributed by atoms with E-state index in [0.717, 1.165) is 22.8 Å². The summed E-state index contributed by atoms with van der Waals surface area (Å²) in [6.45, 7) is 0.482. The Hall–Kier alpha value is -3.52. The molecule has 1 aliphatic rings. The molecule has 0 bridgehead atoms. The topological polar surface area (TPSA) is 50.8 Å². The quantitative estimate of drug-likeness (QED) is 0.531. The average molecular weight is 470 g/mol. The van der Waals surface area contributed by atoms with E-state index >= 15 is 0 Å². The van der Waals surface area contributed by atoms with Crippen molar-refractivity contribution in [1.29, 1.82) is 0 Å². The number of nitrogens with zero attached hydrogens (tertiary/aromatic N) is 1. The lowest BCUT2D eigenvalue weighted by Gasteiger charge is -2.37. The van der Waals surface area contributed by atoms with Crippen LogP contribution in [0.5, 0.6) is 11.5 Å². The number of rotatable bonds is 6. The molecule has 0 fully saturated rings. The number of alkyl halides is 3. The van der Waals surface area contributed by atoms with Gasteiger partial charge in [0.05, 0.1) is 38.1 Å². The molecule has 3 aromatic carbocycles. The summed E-state index contributed by atoms with van der Waals surface area (Å²) in [4.78, 5) is 14.9. The summed E-state index contributed by atoms with van der Waals surface area (Å²) >= 11 is 0. The molecule has 0 aliphatic carbocycles. The largest absolute Gasteiger partial charge is 0.493 e. The van der Waals surface area contributed by atoms with E-state index in [1.165, 1.54) is 18.2 Å². The van der Waals surface area contributed by atoms with Gasteiger partial charge in [0.15, 0.2) is 11.5 Å². The van der Waals surface area contributed by atoms with Gasteiger partial charge in [-0.2, -0.15) is 13.2 Å². The van der Waals surface area contributed by atoms with E-state index in [-0.39, 0.29) is 18.3 Å². The number of ether oxygens (including phenoxy) is 2. The number of hydrogen-bond donors (Lipinski definition) is 1. The monoisotopic (exact) mass is 470 g/mol. The van der Waals surface area contributed by atoms with Gasteiger partial charge in [0.25, 0.3) is 0 Å². The summed E-state index contributed by atoms with van der Waals surface area (Å²) in [5, 5.41) is 2.46. The van der Waals surface area contributed by atoms with Crippen molar-refractivity contribution in [2.75, 3.05) is 32.6 Å². The fourth-order valence-corrected chi connectivity index (χ4v) is 4.41. The number of hydrogen-bond acceptors (Lipinski definition) is 4. The van der Waals surface area contributed by atoms with Crippen LogP contribution in [0.4, 0.5) is 18.9 Å². The maximum absolute atomic E-state index is 13.4. The van der Waals surface area contributed by atoms with Crippen molar-refractivity contribution < 1.29 is 27.4 Å². The molecule has 0 radical (unpaired) electrons. The molecule has 0 spiro atoms. The third kappa shape index (κ3) is 4.87. The van der Waals surface area contributed by atoms with Gasteiger partial charge in [-0.25, -0.2) is 0 Å². The zero-order valence-corrected chi connectivity index (χ0v) is 18.9. The zero-order valence-electron chi connectivity index (χ0n) is 18.9. The highest BCUT2D eigenvalue weighted by Gasteiger charge is 2.35. The minimum atomic E-state index is -4.56. The Morgan fingerprint density at radius 3 is 2.32 bits per heavy atom. The summed E-state index contributed by atoms with van der Waals surface area (Å²) < 4.78 is 51.0. The van der Waals surface area contributed by atoms with Gasteiger partial charge >= 0.3 is 6.18 Å². The van der Waals surface area contributed by atoms with Crippen LogP contribution in [0.15, 0.2) is 66.7 Å². The number of benzene rings is 3. The molecular weight excluding hydrogens is 445 g/mol. The molecule has 0 saturated heterocycles. The Labute approximate surface area is 196 Å². The van der Waals surface area contributed by atoms with Gasteiger partial charge in [-0.3, -0.25) is 9.69 Å². The van der Waals surface area contributed by atoms with Gasteiger partial charge in [-0.05, 0) is 47.4 Å². The fraction of sp³-hybridized carbons (Fsp3) is 0.269. The molecule has 8 heteroatoms. The molecular formula is C26H25F3N2O3. The van der Waals surface area contributed by atoms with E-state index in [1.54, 1.807) is 14.2 Å². The average Bonchev–Trinajstić information content (AvgIpc) is 2.83. The minimum Gasteiger partial charge on any atom is -0.493 e. The Bertz CT molecular complexity index is 1170. The first-order chi connectivity index (χ1) is 16.3. The lowest BCUT2D eigenvalue weighted by atomic mass is 9.87. The highest BCUT2D eigenvalue weighted by atomic mass is 19.4. The Balaban J connectivity index is 1.65. The number of nitrogens with one attached hydrogen (secondary N) is 1. The maximum Gasteiger partial charge on any atom is 0.418 e. The Kier molecular flexibility index (Phi) is 6.79. The molecule has 178 valence electrons. The number of methoxy groups -OCH3 is 2. The van der Waals surface area contributed by atoms with Crippen molar-refractivity contribution in [2.45, 2.75) is 18.6 Å².